The van der Waals surface area contributed by atoms with Crippen molar-refractivity contribution >= 4 is 25.3 Å². The fraction of sp³-hybridized carbons (Fsp3) is 0.286. The molecule has 0 fully saturated rings. The highest BCUT2D eigenvalue weighted by Crippen LogP contribution is 2.11. The summed E-state index contributed by atoms with van der Waals surface area (Å²) < 4.78 is 0. The molecule has 0 aromatic heterocycles. The molecule has 2 rings (SSSR count). The number of benzene rings is 2. The van der Waals surface area contributed by atoms with Crippen LogP contribution < -0.4 is 5.30 Å². The number of fused-ring (bicyclic) bond motifs is 1. The van der Waals surface area contributed by atoms with E-state index < -0.39 is 0 Å². The summed E-state index contributed by atoms with van der Waals surface area (Å²) in [6.45, 7) is 8.00. The summed E-state index contributed by atoms with van der Waals surface area (Å²) in [7, 11) is 2.70. The predicted molar refractivity (Wildman–Crippen MR) is 76.0 cm³/mol. The van der Waals surface area contributed by atoms with Crippen LogP contribution in [0.1, 0.15) is 27.7 Å². The van der Waals surface area contributed by atoms with Gasteiger partial charge in [-0.05, 0) is 22.1 Å². The monoisotopic (exact) mass is 220 g/mol. The molecule has 0 N–H and O–H groups in total. The van der Waals surface area contributed by atoms with E-state index >= 15 is 0 Å². The summed E-state index contributed by atoms with van der Waals surface area (Å²) in [6.07, 6.45) is 0. The molecule has 0 amide bonds. The minimum atomic E-state index is 1.24. The quantitative estimate of drug-likeness (QED) is 0.577. The van der Waals surface area contributed by atoms with E-state index in [1.54, 1.807) is 0 Å². The van der Waals surface area contributed by atoms with Crippen LogP contribution in [0.25, 0.3) is 10.8 Å². The Morgan fingerprint density at radius 1 is 0.733 bits per heavy atom. The topological polar surface area (TPSA) is 0 Å². The SMILES string of the molecule is CC.CC.Pc1ccc2ccccc2c1. The first-order valence-corrected chi connectivity index (χ1v) is 6.18. The van der Waals surface area contributed by atoms with Gasteiger partial charge in [-0.1, -0.05) is 64.1 Å². The van der Waals surface area contributed by atoms with Crippen LogP contribution in [-0.2, 0) is 0 Å². The molecule has 0 aliphatic heterocycles. The van der Waals surface area contributed by atoms with Gasteiger partial charge in [-0.15, -0.1) is 9.24 Å². The van der Waals surface area contributed by atoms with Crippen molar-refractivity contribution < 1.29 is 0 Å². The molecule has 0 saturated carbocycles. The highest BCUT2D eigenvalue weighted by molar-refractivity contribution is 7.27. The van der Waals surface area contributed by atoms with Crippen molar-refractivity contribution in [2.75, 3.05) is 0 Å². The fourth-order valence-corrected chi connectivity index (χ4v) is 1.48. The van der Waals surface area contributed by atoms with E-state index in [2.05, 4.69) is 51.7 Å². The largest absolute Gasteiger partial charge is 0.106 e. The third-order valence-electron chi connectivity index (χ3n) is 1.77. The molecule has 82 valence electrons. The van der Waals surface area contributed by atoms with Crippen LogP contribution in [0, 0.1) is 0 Å². The van der Waals surface area contributed by atoms with Gasteiger partial charge in [-0.25, -0.2) is 0 Å². The Morgan fingerprint density at radius 3 is 1.87 bits per heavy atom. The second kappa shape index (κ2) is 8.44. The Morgan fingerprint density at radius 2 is 1.27 bits per heavy atom. The molecule has 1 unspecified atom stereocenters. The van der Waals surface area contributed by atoms with Gasteiger partial charge >= 0.3 is 0 Å². The summed E-state index contributed by atoms with van der Waals surface area (Å²) in [4.78, 5) is 0. The van der Waals surface area contributed by atoms with Crippen LogP contribution in [0.15, 0.2) is 42.5 Å². The molecule has 1 heteroatoms. The van der Waals surface area contributed by atoms with E-state index in [1.165, 1.54) is 16.1 Å². The molecule has 0 heterocycles. The number of hydrogen-bond donors (Lipinski definition) is 0. The smallest absolute Gasteiger partial charge is 0.0178 e. The second-order valence-electron chi connectivity index (χ2n) is 2.61. The minimum Gasteiger partial charge on any atom is -0.106 e. The summed E-state index contributed by atoms with van der Waals surface area (Å²) in [5, 5.41) is 3.85. The molecule has 0 saturated heterocycles. The van der Waals surface area contributed by atoms with Crippen molar-refractivity contribution in [3.8, 4) is 0 Å². The average Bonchev–Trinajstić information content (AvgIpc) is 2.34. The highest BCUT2D eigenvalue weighted by Gasteiger charge is 1.89. The van der Waals surface area contributed by atoms with Gasteiger partial charge in [0.2, 0.25) is 0 Å². The van der Waals surface area contributed by atoms with Crippen LogP contribution in [0.2, 0.25) is 0 Å². The van der Waals surface area contributed by atoms with Gasteiger partial charge in [0.15, 0.2) is 0 Å². The van der Waals surface area contributed by atoms with Gasteiger partial charge < -0.3 is 0 Å². The first kappa shape index (κ1) is 14.1. The maximum atomic E-state index is 2.70. The Kier molecular flexibility index (Phi) is 7.95. The van der Waals surface area contributed by atoms with Crippen molar-refractivity contribution in [3.63, 3.8) is 0 Å². The second-order valence-corrected chi connectivity index (χ2v) is 3.27. The van der Waals surface area contributed by atoms with Gasteiger partial charge in [-0.3, -0.25) is 0 Å². The standard InChI is InChI=1S/C10H9P.2C2H6/c11-10-6-5-8-3-1-2-4-9(8)7-10;2*1-2/h1-7H,11H2;2*1-2H3. The van der Waals surface area contributed by atoms with Gasteiger partial charge in [0.1, 0.15) is 0 Å². The maximum absolute atomic E-state index is 2.70. The molecule has 0 spiro atoms. The number of rotatable bonds is 0. The Balaban J connectivity index is 0.000000442. The van der Waals surface area contributed by atoms with Crippen molar-refractivity contribution in [2.45, 2.75) is 27.7 Å². The molecule has 1 atom stereocenters. The molecule has 2 aromatic carbocycles. The normalized spacial score (nSPS) is 8.33. The van der Waals surface area contributed by atoms with Gasteiger partial charge in [0, 0.05) is 0 Å². The Bertz CT molecular complexity index is 380. The van der Waals surface area contributed by atoms with Crippen molar-refractivity contribution in [2.24, 2.45) is 0 Å². The maximum Gasteiger partial charge on any atom is -0.0178 e. The van der Waals surface area contributed by atoms with Crippen LogP contribution in [0.5, 0.6) is 0 Å². The van der Waals surface area contributed by atoms with Crippen molar-refractivity contribution in [3.05, 3.63) is 42.5 Å². The molecule has 0 radical (unpaired) electrons. The highest BCUT2D eigenvalue weighted by atomic mass is 31.0. The molecule has 0 aliphatic carbocycles. The molecule has 2 aromatic rings. The lowest BCUT2D eigenvalue weighted by atomic mass is 10.1. The number of hydrogen-bond acceptors (Lipinski definition) is 0. The van der Waals surface area contributed by atoms with Crippen LogP contribution >= 0.6 is 9.24 Å². The van der Waals surface area contributed by atoms with Crippen LogP contribution in [0.4, 0.5) is 0 Å². The molecular weight excluding hydrogens is 199 g/mol. The van der Waals surface area contributed by atoms with E-state index in [4.69, 9.17) is 0 Å². The lowest BCUT2D eigenvalue weighted by Crippen LogP contribution is -1.86. The Hall–Kier alpha value is -0.870. The van der Waals surface area contributed by atoms with E-state index in [0.29, 0.717) is 0 Å². The zero-order chi connectivity index (χ0) is 11.7. The van der Waals surface area contributed by atoms with E-state index in [9.17, 15) is 0 Å². The van der Waals surface area contributed by atoms with Crippen LogP contribution in [0.3, 0.4) is 0 Å². The van der Waals surface area contributed by atoms with E-state index in [0.717, 1.165) is 0 Å². The molecule has 0 bridgehead atoms. The summed E-state index contributed by atoms with van der Waals surface area (Å²) in [5.41, 5.74) is 0. The lowest BCUT2D eigenvalue weighted by molar-refractivity contribution is 1.50. The molecule has 0 nitrogen and oxygen atoms in total. The van der Waals surface area contributed by atoms with E-state index in [1.807, 2.05) is 27.7 Å². The lowest BCUT2D eigenvalue weighted by Gasteiger charge is -1.96. The van der Waals surface area contributed by atoms with Crippen LogP contribution in [-0.4, -0.2) is 0 Å². The average molecular weight is 220 g/mol. The summed E-state index contributed by atoms with van der Waals surface area (Å²) in [5.74, 6) is 0. The predicted octanol–water partition coefficient (Wildman–Crippen LogP) is 4.39. The third-order valence-corrected chi connectivity index (χ3v) is 2.13. The fourth-order valence-electron chi connectivity index (χ4n) is 1.21. The Labute approximate surface area is 95.9 Å². The minimum absolute atomic E-state index is 1.24. The zero-order valence-corrected chi connectivity index (χ0v) is 11.3. The first-order chi connectivity index (χ1) is 7.36. The van der Waals surface area contributed by atoms with Crippen molar-refractivity contribution in [1.29, 1.82) is 0 Å². The zero-order valence-electron chi connectivity index (χ0n) is 10.1. The van der Waals surface area contributed by atoms with Gasteiger partial charge in [0.05, 0.1) is 0 Å². The summed E-state index contributed by atoms with van der Waals surface area (Å²) >= 11 is 0. The van der Waals surface area contributed by atoms with Gasteiger partial charge in [-0.2, -0.15) is 0 Å². The van der Waals surface area contributed by atoms with Crippen molar-refractivity contribution in [1.82, 2.24) is 0 Å². The third kappa shape index (κ3) is 4.44. The molecule has 0 aliphatic rings. The summed E-state index contributed by atoms with van der Waals surface area (Å²) in [6, 6.07) is 14.8. The first-order valence-electron chi connectivity index (χ1n) is 5.60. The molecule has 15 heavy (non-hydrogen) atoms. The molecular formula is C14H21P. The van der Waals surface area contributed by atoms with E-state index in [-0.39, 0.29) is 0 Å². The van der Waals surface area contributed by atoms with Gasteiger partial charge in [0.25, 0.3) is 0 Å².